The fourth-order valence-electron chi connectivity index (χ4n) is 6.34. The summed E-state index contributed by atoms with van der Waals surface area (Å²) >= 11 is 0. The molecule has 3 aromatic heterocycles. The number of aromatic amines is 1. The molecule has 2 saturated carbocycles. The van der Waals surface area contributed by atoms with E-state index in [1.807, 2.05) is 25.1 Å². The van der Waals surface area contributed by atoms with Crippen LogP contribution in [-0.4, -0.2) is 52.6 Å². The van der Waals surface area contributed by atoms with Gasteiger partial charge in [0.1, 0.15) is 23.5 Å². The summed E-state index contributed by atoms with van der Waals surface area (Å²) in [5.41, 5.74) is 5.87. The van der Waals surface area contributed by atoms with Gasteiger partial charge in [-0.05, 0) is 85.4 Å². The molecule has 42 heavy (non-hydrogen) atoms. The highest BCUT2D eigenvalue weighted by Gasteiger charge is 2.26. The molecule has 2 fully saturated rings. The second kappa shape index (κ2) is 11.9. The minimum atomic E-state index is 0.156. The molecule has 0 atom stereocenters. The smallest absolute Gasteiger partial charge is 0.262 e. The molecule has 216 valence electrons. The maximum absolute atomic E-state index is 6.52. The van der Waals surface area contributed by atoms with Crippen molar-refractivity contribution in [2.24, 2.45) is 0 Å². The number of tetrazole rings is 1. The van der Waals surface area contributed by atoms with Gasteiger partial charge < -0.3 is 14.0 Å². The van der Waals surface area contributed by atoms with Crippen molar-refractivity contribution in [1.82, 2.24) is 40.4 Å². The number of rotatable bonds is 8. The van der Waals surface area contributed by atoms with Gasteiger partial charge in [0.2, 0.25) is 0 Å². The molecule has 3 heterocycles. The SMILES string of the molecule is Cc1nc2c(OC3CCCCC3)nnc(OC3CCCCC3)c2n1Cc1ccc(-c2ccccc2-c2nnn[nH]2)cc1. The van der Waals surface area contributed by atoms with E-state index in [2.05, 4.69) is 65.7 Å². The van der Waals surface area contributed by atoms with Crippen molar-refractivity contribution in [2.45, 2.75) is 89.9 Å². The predicted molar refractivity (Wildman–Crippen MR) is 159 cm³/mol. The first-order valence-electron chi connectivity index (χ1n) is 15.2. The van der Waals surface area contributed by atoms with Crippen LogP contribution in [0, 0.1) is 6.92 Å². The van der Waals surface area contributed by atoms with Crippen molar-refractivity contribution in [1.29, 1.82) is 0 Å². The summed E-state index contributed by atoms with van der Waals surface area (Å²) in [5, 5.41) is 23.6. The third kappa shape index (κ3) is 5.45. The van der Waals surface area contributed by atoms with Crippen LogP contribution in [0.5, 0.6) is 11.8 Å². The monoisotopic (exact) mass is 564 g/mol. The number of imidazole rings is 1. The van der Waals surface area contributed by atoms with Crippen molar-refractivity contribution in [3.8, 4) is 34.3 Å². The Morgan fingerprint density at radius 2 is 1.40 bits per heavy atom. The zero-order chi connectivity index (χ0) is 28.3. The maximum Gasteiger partial charge on any atom is 0.262 e. The number of ether oxygens (including phenoxy) is 2. The fourth-order valence-corrected chi connectivity index (χ4v) is 6.34. The normalized spacial score (nSPS) is 16.6. The lowest BCUT2D eigenvalue weighted by Gasteiger charge is -2.24. The Labute approximate surface area is 244 Å². The van der Waals surface area contributed by atoms with Crippen LogP contribution in [0.1, 0.15) is 75.6 Å². The van der Waals surface area contributed by atoms with E-state index in [1.54, 1.807) is 0 Å². The summed E-state index contributed by atoms with van der Waals surface area (Å²) in [6.07, 6.45) is 11.8. The molecule has 0 saturated heterocycles. The van der Waals surface area contributed by atoms with Crippen LogP contribution < -0.4 is 9.47 Å². The molecule has 2 aliphatic rings. The number of hydrogen-bond acceptors (Lipinski definition) is 8. The van der Waals surface area contributed by atoms with E-state index in [0.29, 0.717) is 24.1 Å². The zero-order valence-electron chi connectivity index (χ0n) is 24.0. The first-order chi connectivity index (χ1) is 20.7. The van der Waals surface area contributed by atoms with Crippen LogP contribution in [0.4, 0.5) is 0 Å². The second-order valence-electron chi connectivity index (χ2n) is 11.5. The zero-order valence-corrected chi connectivity index (χ0v) is 24.0. The van der Waals surface area contributed by atoms with Crippen LogP contribution in [0.15, 0.2) is 48.5 Å². The van der Waals surface area contributed by atoms with E-state index in [1.165, 1.54) is 38.5 Å². The first-order valence-corrected chi connectivity index (χ1v) is 15.2. The number of hydrogen-bond donors (Lipinski definition) is 1. The lowest BCUT2D eigenvalue weighted by molar-refractivity contribution is 0.140. The molecule has 10 nitrogen and oxygen atoms in total. The lowest BCUT2D eigenvalue weighted by atomic mass is 9.98. The Morgan fingerprint density at radius 3 is 2.07 bits per heavy atom. The van der Waals surface area contributed by atoms with E-state index >= 15 is 0 Å². The molecule has 2 aromatic carbocycles. The van der Waals surface area contributed by atoms with Gasteiger partial charge >= 0.3 is 0 Å². The quantitative estimate of drug-likeness (QED) is 0.228. The van der Waals surface area contributed by atoms with Crippen LogP contribution in [0.25, 0.3) is 33.5 Å². The number of aryl methyl sites for hydroxylation is 1. The molecule has 2 aliphatic carbocycles. The minimum absolute atomic E-state index is 0.156. The second-order valence-corrected chi connectivity index (χ2v) is 11.5. The van der Waals surface area contributed by atoms with Crippen molar-refractivity contribution in [2.75, 3.05) is 0 Å². The van der Waals surface area contributed by atoms with Gasteiger partial charge in [-0.1, -0.05) is 61.4 Å². The van der Waals surface area contributed by atoms with E-state index in [9.17, 15) is 0 Å². The maximum atomic E-state index is 6.52. The van der Waals surface area contributed by atoms with E-state index in [4.69, 9.17) is 14.5 Å². The summed E-state index contributed by atoms with van der Waals surface area (Å²) in [7, 11) is 0. The number of H-pyrrole nitrogens is 1. The molecule has 10 heteroatoms. The lowest BCUT2D eigenvalue weighted by Crippen LogP contribution is -2.22. The average Bonchev–Trinajstić information content (AvgIpc) is 3.69. The highest BCUT2D eigenvalue weighted by molar-refractivity contribution is 5.85. The molecular weight excluding hydrogens is 528 g/mol. The third-order valence-electron chi connectivity index (χ3n) is 8.59. The standard InChI is InChI=1S/C32H36N8O2/c1-21-33-28-29(32(42-25-12-6-3-7-13-25)37-36-31(28)41-24-10-4-2-5-11-24)40(21)20-22-16-18-23(19-17-22)26-14-8-9-15-27(26)30-34-38-39-35-30/h8-9,14-19,24-25H,2-7,10-13,20H2,1H3,(H,34,35,38,39). The van der Waals surface area contributed by atoms with Crippen molar-refractivity contribution < 1.29 is 9.47 Å². The third-order valence-corrected chi connectivity index (χ3v) is 8.59. The van der Waals surface area contributed by atoms with Crippen molar-refractivity contribution in [3.05, 3.63) is 59.9 Å². The summed E-state index contributed by atoms with van der Waals surface area (Å²) in [4.78, 5) is 4.97. The van der Waals surface area contributed by atoms with Crippen LogP contribution in [0.2, 0.25) is 0 Å². The summed E-state index contributed by atoms with van der Waals surface area (Å²) in [6.45, 7) is 2.66. The fraction of sp³-hybridized carbons (Fsp3) is 0.438. The van der Waals surface area contributed by atoms with Gasteiger partial charge in [0, 0.05) is 12.1 Å². The highest BCUT2D eigenvalue weighted by Crippen LogP contribution is 2.35. The Bertz CT molecular complexity index is 1640. The van der Waals surface area contributed by atoms with Gasteiger partial charge in [-0.3, -0.25) is 0 Å². The molecule has 5 aromatic rings. The molecule has 0 bridgehead atoms. The molecule has 0 spiro atoms. The summed E-state index contributed by atoms with van der Waals surface area (Å²) in [5.74, 6) is 2.60. The minimum Gasteiger partial charge on any atom is -0.472 e. The number of fused-ring (bicyclic) bond motifs is 1. The Kier molecular flexibility index (Phi) is 7.51. The molecule has 0 aliphatic heterocycles. The number of nitrogens with one attached hydrogen (secondary N) is 1. The van der Waals surface area contributed by atoms with E-state index in [-0.39, 0.29) is 12.2 Å². The molecule has 7 rings (SSSR count). The average molecular weight is 565 g/mol. The first kappa shape index (κ1) is 26.6. The van der Waals surface area contributed by atoms with Gasteiger partial charge in [-0.25, -0.2) is 10.1 Å². The van der Waals surface area contributed by atoms with Crippen LogP contribution >= 0.6 is 0 Å². The topological polar surface area (TPSA) is 117 Å². The number of benzene rings is 2. The number of aromatic nitrogens is 8. The van der Waals surface area contributed by atoms with Gasteiger partial charge in [0.05, 0.1) is 0 Å². The summed E-state index contributed by atoms with van der Waals surface area (Å²) < 4.78 is 15.1. The van der Waals surface area contributed by atoms with Crippen LogP contribution in [-0.2, 0) is 6.54 Å². The Balaban J connectivity index is 1.22. The van der Waals surface area contributed by atoms with E-state index in [0.717, 1.165) is 64.8 Å². The van der Waals surface area contributed by atoms with Gasteiger partial charge in [-0.15, -0.1) is 15.3 Å². The molecular formula is C32H36N8O2. The number of nitrogens with zero attached hydrogens (tertiary/aromatic N) is 7. The van der Waals surface area contributed by atoms with E-state index < -0.39 is 0 Å². The highest BCUT2D eigenvalue weighted by atomic mass is 16.5. The van der Waals surface area contributed by atoms with Gasteiger partial charge in [0.25, 0.3) is 11.8 Å². The Hall–Kier alpha value is -4.34. The molecule has 0 radical (unpaired) electrons. The van der Waals surface area contributed by atoms with Crippen molar-refractivity contribution in [3.63, 3.8) is 0 Å². The van der Waals surface area contributed by atoms with Crippen molar-refractivity contribution >= 4 is 11.0 Å². The van der Waals surface area contributed by atoms with Crippen LogP contribution in [0.3, 0.4) is 0 Å². The van der Waals surface area contributed by atoms with Gasteiger partial charge in [0.15, 0.2) is 11.3 Å². The molecule has 0 amide bonds. The van der Waals surface area contributed by atoms with Gasteiger partial charge in [-0.2, -0.15) is 0 Å². The largest absolute Gasteiger partial charge is 0.472 e. The molecule has 1 N–H and O–H groups in total. The Morgan fingerprint density at radius 1 is 0.762 bits per heavy atom. The molecule has 0 unspecified atom stereocenters. The summed E-state index contributed by atoms with van der Waals surface area (Å²) in [6, 6.07) is 16.7. The predicted octanol–water partition coefficient (Wildman–Crippen LogP) is 6.45.